The highest BCUT2D eigenvalue weighted by Crippen LogP contribution is 2.25. The number of rotatable bonds is 3. The van der Waals surface area contributed by atoms with Gasteiger partial charge in [-0.25, -0.2) is 0 Å². The molecule has 0 unspecified atom stereocenters. The maximum Gasteiger partial charge on any atom is 0.119 e. The van der Waals surface area contributed by atoms with Crippen molar-refractivity contribution in [1.29, 1.82) is 0 Å². The van der Waals surface area contributed by atoms with Crippen molar-refractivity contribution in [3.63, 3.8) is 0 Å². The Morgan fingerprint density at radius 2 is 1.58 bits per heavy atom. The van der Waals surface area contributed by atoms with Crippen LogP contribution < -0.4 is 4.74 Å². The Morgan fingerprint density at radius 1 is 0.947 bits per heavy atom. The lowest BCUT2D eigenvalue weighted by molar-refractivity contribution is 0.305. The molecule has 2 aromatic carbocycles. The summed E-state index contributed by atoms with van der Waals surface area (Å²) in [7, 11) is 0. The zero-order chi connectivity index (χ0) is 13.9. The molecule has 0 saturated carbocycles. The predicted octanol–water partition coefficient (Wildman–Crippen LogP) is 5.33. The molecule has 2 rings (SSSR count). The third-order valence-corrected chi connectivity index (χ3v) is 3.85. The fraction of sp³-hybridized carbons (Fsp3) is 0.294. The Kier molecular flexibility index (Phi) is 4.31. The molecule has 0 saturated heterocycles. The summed E-state index contributed by atoms with van der Waals surface area (Å²) in [5.41, 5.74) is 2.66. The van der Waals surface area contributed by atoms with Crippen LogP contribution in [0.1, 0.15) is 31.9 Å². The van der Waals surface area contributed by atoms with Crippen molar-refractivity contribution in [3.05, 3.63) is 64.1 Å². The summed E-state index contributed by atoms with van der Waals surface area (Å²) in [5.74, 6) is 0.906. The summed E-state index contributed by atoms with van der Waals surface area (Å²) in [6.07, 6.45) is 0. The maximum absolute atomic E-state index is 5.81. The van der Waals surface area contributed by atoms with Crippen LogP contribution in [0.3, 0.4) is 0 Å². The first kappa shape index (κ1) is 14.1. The van der Waals surface area contributed by atoms with E-state index in [1.807, 2.05) is 30.3 Å². The SMILES string of the molecule is CC(C)(C)c1ccc(OCc2ccccc2Br)cc1. The molecular formula is C17H19BrO. The van der Waals surface area contributed by atoms with Crippen LogP contribution in [0.4, 0.5) is 0 Å². The van der Waals surface area contributed by atoms with Crippen LogP contribution in [0, 0.1) is 0 Å². The van der Waals surface area contributed by atoms with Crippen LogP contribution in [0.2, 0.25) is 0 Å². The zero-order valence-electron chi connectivity index (χ0n) is 11.6. The van der Waals surface area contributed by atoms with E-state index in [9.17, 15) is 0 Å². The van der Waals surface area contributed by atoms with Gasteiger partial charge in [-0.15, -0.1) is 0 Å². The molecule has 0 bridgehead atoms. The smallest absolute Gasteiger partial charge is 0.119 e. The Labute approximate surface area is 123 Å². The maximum atomic E-state index is 5.81. The highest BCUT2D eigenvalue weighted by atomic mass is 79.9. The van der Waals surface area contributed by atoms with Gasteiger partial charge in [-0.3, -0.25) is 0 Å². The molecule has 100 valence electrons. The van der Waals surface area contributed by atoms with Gasteiger partial charge in [0.15, 0.2) is 0 Å². The lowest BCUT2D eigenvalue weighted by Crippen LogP contribution is -2.10. The van der Waals surface area contributed by atoms with E-state index >= 15 is 0 Å². The molecule has 0 radical (unpaired) electrons. The van der Waals surface area contributed by atoms with E-state index in [-0.39, 0.29) is 5.41 Å². The lowest BCUT2D eigenvalue weighted by Gasteiger charge is -2.19. The van der Waals surface area contributed by atoms with Gasteiger partial charge < -0.3 is 4.74 Å². The molecule has 1 nitrogen and oxygen atoms in total. The van der Waals surface area contributed by atoms with Gasteiger partial charge >= 0.3 is 0 Å². The van der Waals surface area contributed by atoms with Gasteiger partial charge in [-0.05, 0) is 29.2 Å². The molecule has 0 aliphatic heterocycles. The van der Waals surface area contributed by atoms with Gasteiger partial charge in [-0.1, -0.05) is 67.0 Å². The summed E-state index contributed by atoms with van der Waals surface area (Å²) in [6, 6.07) is 16.5. The van der Waals surface area contributed by atoms with Crippen molar-refractivity contribution in [1.82, 2.24) is 0 Å². The number of benzene rings is 2. The molecular weight excluding hydrogens is 300 g/mol. The minimum Gasteiger partial charge on any atom is -0.489 e. The molecule has 0 aliphatic rings. The van der Waals surface area contributed by atoms with E-state index in [4.69, 9.17) is 4.74 Å². The molecule has 0 N–H and O–H groups in total. The minimum absolute atomic E-state index is 0.182. The third kappa shape index (κ3) is 3.84. The zero-order valence-corrected chi connectivity index (χ0v) is 13.2. The van der Waals surface area contributed by atoms with Crippen molar-refractivity contribution in [2.45, 2.75) is 32.8 Å². The quantitative estimate of drug-likeness (QED) is 0.743. The summed E-state index contributed by atoms with van der Waals surface area (Å²) in [4.78, 5) is 0. The van der Waals surface area contributed by atoms with Gasteiger partial charge in [0, 0.05) is 10.0 Å². The summed E-state index contributed by atoms with van der Waals surface area (Å²) >= 11 is 3.53. The van der Waals surface area contributed by atoms with E-state index in [0.29, 0.717) is 6.61 Å². The van der Waals surface area contributed by atoms with Crippen LogP contribution in [-0.4, -0.2) is 0 Å². The van der Waals surface area contributed by atoms with Gasteiger partial charge in [0.1, 0.15) is 12.4 Å². The van der Waals surface area contributed by atoms with Crippen LogP contribution in [-0.2, 0) is 12.0 Å². The van der Waals surface area contributed by atoms with Crippen LogP contribution in [0.25, 0.3) is 0 Å². The van der Waals surface area contributed by atoms with Crippen molar-refractivity contribution in [3.8, 4) is 5.75 Å². The van der Waals surface area contributed by atoms with Crippen LogP contribution >= 0.6 is 15.9 Å². The molecule has 0 fully saturated rings. The van der Waals surface area contributed by atoms with E-state index in [1.165, 1.54) is 5.56 Å². The van der Waals surface area contributed by atoms with Crippen molar-refractivity contribution in [2.24, 2.45) is 0 Å². The fourth-order valence-electron chi connectivity index (χ4n) is 1.83. The fourth-order valence-corrected chi connectivity index (χ4v) is 2.23. The molecule has 0 heterocycles. The number of hydrogen-bond donors (Lipinski definition) is 0. The minimum atomic E-state index is 0.182. The Hall–Kier alpha value is -1.28. The van der Waals surface area contributed by atoms with Crippen LogP contribution in [0.15, 0.2) is 53.0 Å². The highest BCUT2D eigenvalue weighted by molar-refractivity contribution is 9.10. The van der Waals surface area contributed by atoms with Crippen molar-refractivity contribution in [2.75, 3.05) is 0 Å². The van der Waals surface area contributed by atoms with E-state index in [2.05, 4.69) is 54.9 Å². The molecule has 0 aliphatic carbocycles. The second kappa shape index (κ2) is 5.79. The summed E-state index contributed by atoms with van der Waals surface area (Å²) < 4.78 is 6.90. The Balaban J connectivity index is 2.03. The van der Waals surface area contributed by atoms with Crippen molar-refractivity contribution < 1.29 is 4.74 Å². The first-order valence-corrected chi connectivity index (χ1v) is 7.23. The van der Waals surface area contributed by atoms with Gasteiger partial charge in [0.25, 0.3) is 0 Å². The van der Waals surface area contributed by atoms with Crippen molar-refractivity contribution >= 4 is 15.9 Å². The van der Waals surface area contributed by atoms with Gasteiger partial charge in [0.2, 0.25) is 0 Å². The molecule has 0 atom stereocenters. The topological polar surface area (TPSA) is 9.23 Å². The molecule has 19 heavy (non-hydrogen) atoms. The molecule has 0 spiro atoms. The number of hydrogen-bond acceptors (Lipinski definition) is 1. The number of halogens is 1. The Morgan fingerprint density at radius 3 is 2.16 bits per heavy atom. The summed E-state index contributed by atoms with van der Waals surface area (Å²) in [6.45, 7) is 7.22. The van der Waals surface area contributed by atoms with Gasteiger partial charge in [0.05, 0.1) is 0 Å². The first-order chi connectivity index (χ1) is 8.97. The Bertz CT molecular complexity index is 538. The lowest BCUT2D eigenvalue weighted by atomic mass is 9.87. The van der Waals surface area contributed by atoms with E-state index in [1.54, 1.807) is 0 Å². The summed E-state index contributed by atoms with van der Waals surface area (Å²) in [5, 5.41) is 0. The number of ether oxygens (including phenoxy) is 1. The van der Waals surface area contributed by atoms with Crippen LogP contribution in [0.5, 0.6) is 5.75 Å². The van der Waals surface area contributed by atoms with E-state index in [0.717, 1.165) is 15.8 Å². The normalized spacial score (nSPS) is 11.4. The molecule has 2 aromatic rings. The first-order valence-electron chi connectivity index (χ1n) is 6.43. The largest absolute Gasteiger partial charge is 0.489 e. The van der Waals surface area contributed by atoms with Gasteiger partial charge in [-0.2, -0.15) is 0 Å². The monoisotopic (exact) mass is 318 g/mol. The standard InChI is InChI=1S/C17H19BrO/c1-17(2,3)14-8-10-15(11-9-14)19-12-13-6-4-5-7-16(13)18/h4-11H,12H2,1-3H3. The average molecular weight is 319 g/mol. The molecule has 2 heteroatoms. The second-order valence-electron chi connectivity index (χ2n) is 5.65. The third-order valence-electron chi connectivity index (χ3n) is 3.07. The van der Waals surface area contributed by atoms with E-state index < -0.39 is 0 Å². The average Bonchev–Trinajstić information content (AvgIpc) is 2.37. The predicted molar refractivity (Wildman–Crippen MR) is 83.6 cm³/mol. The molecule has 0 amide bonds. The second-order valence-corrected chi connectivity index (χ2v) is 6.51. The molecule has 0 aromatic heterocycles. The highest BCUT2D eigenvalue weighted by Gasteiger charge is 2.12.